The van der Waals surface area contributed by atoms with Crippen molar-refractivity contribution in [3.05, 3.63) is 33.9 Å². The number of anilines is 1. The van der Waals surface area contributed by atoms with Crippen molar-refractivity contribution in [1.29, 1.82) is 0 Å². The Labute approximate surface area is 113 Å². The van der Waals surface area contributed by atoms with E-state index in [2.05, 4.69) is 5.32 Å². The lowest BCUT2D eigenvalue weighted by Gasteiger charge is -2.07. The number of aryl methyl sites for hydroxylation is 1. The van der Waals surface area contributed by atoms with Gasteiger partial charge in [-0.1, -0.05) is 6.07 Å². The molecule has 0 aromatic heterocycles. The Hall–Kier alpha value is -2.09. The fourth-order valence-corrected chi connectivity index (χ4v) is 1.81. The van der Waals surface area contributed by atoms with E-state index in [0.29, 0.717) is 11.3 Å². The zero-order valence-electron chi connectivity index (χ0n) is 10.1. The van der Waals surface area contributed by atoms with Gasteiger partial charge in [0.1, 0.15) is 0 Å². The molecule has 1 amide bonds. The number of hydrogen-bond acceptors (Lipinski definition) is 5. The highest BCUT2D eigenvalue weighted by Gasteiger charge is 2.11. The summed E-state index contributed by atoms with van der Waals surface area (Å²) in [6, 6.07) is 4.16. The molecule has 8 heteroatoms. The van der Waals surface area contributed by atoms with Crippen LogP contribution in [0.4, 0.5) is 11.4 Å². The van der Waals surface area contributed by atoms with Gasteiger partial charge in [0.25, 0.3) is 5.69 Å². The Morgan fingerprint density at radius 3 is 2.68 bits per heavy atom. The van der Waals surface area contributed by atoms with E-state index in [1.807, 2.05) is 0 Å². The fraction of sp³-hybridized carbons (Fsp3) is 0.273. The van der Waals surface area contributed by atoms with Crippen molar-refractivity contribution in [1.82, 2.24) is 0 Å². The largest absolute Gasteiger partial charge is 0.481 e. The van der Waals surface area contributed by atoms with Crippen molar-refractivity contribution in [2.24, 2.45) is 0 Å². The maximum atomic E-state index is 11.5. The van der Waals surface area contributed by atoms with Crippen molar-refractivity contribution in [2.75, 3.05) is 16.8 Å². The predicted molar refractivity (Wildman–Crippen MR) is 71.4 cm³/mol. The average Bonchev–Trinajstić information content (AvgIpc) is 2.31. The van der Waals surface area contributed by atoms with Crippen molar-refractivity contribution in [3.8, 4) is 0 Å². The number of hydrogen-bond donors (Lipinski definition) is 2. The van der Waals surface area contributed by atoms with Crippen LogP contribution in [0, 0.1) is 17.0 Å². The molecule has 1 rings (SSSR count). The van der Waals surface area contributed by atoms with Gasteiger partial charge in [0.05, 0.1) is 22.1 Å². The number of aliphatic carboxylic acids is 1. The average molecular weight is 284 g/mol. The Bertz CT molecular complexity index is 518. The number of thioether (sulfide) groups is 1. The molecular weight excluding hydrogens is 272 g/mol. The maximum absolute atomic E-state index is 11.5. The topological polar surface area (TPSA) is 110 Å². The number of nitrogens with zero attached hydrogens (tertiary/aromatic N) is 1. The summed E-state index contributed by atoms with van der Waals surface area (Å²) in [6.45, 7) is 1.71. The van der Waals surface area contributed by atoms with Gasteiger partial charge in [-0.3, -0.25) is 19.7 Å². The van der Waals surface area contributed by atoms with E-state index in [9.17, 15) is 19.7 Å². The summed E-state index contributed by atoms with van der Waals surface area (Å²) in [7, 11) is 0. The smallest absolute Gasteiger partial charge is 0.313 e. The normalized spacial score (nSPS) is 9.95. The third kappa shape index (κ3) is 4.96. The second-order valence-electron chi connectivity index (χ2n) is 3.69. The van der Waals surface area contributed by atoms with Crippen molar-refractivity contribution in [3.63, 3.8) is 0 Å². The number of nitrogens with one attached hydrogen (secondary N) is 1. The molecule has 0 aliphatic heterocycles. The molecule has 0 unspecified atom stereocenters. The van der Waals surface area contributed by atoms with Gasteiger partial charge in [-0.15, -0.1) is 11.8 Å². The van der Waals surface area contributed by atoms with E-state index in [1.54, 1.807) is 6.92 Å². The highest BCUT2D eigenvalue weighted by molar-refractivity contribution is 8.00. The van der Waals surface area contributed by atoms with Crippen LogP contribution < -0.4 is 5.32 Å². The van der Waals surface area contributed by atoms with Crippen molar-refractivity contribution >= 4 is 35.0 Å². The molecule has 0 bridgehead atoms. The summed E-state index contributed by atoms with van der Waals surface area (Å²) < 4.78 is 0. The van der Waals surface area contributed by atoms with Crippen molar-refractivity contribution in [2.45, 2.75) is 6.92 Å². The SMILES string of the molecule is Cc1ccc([N+](=O)[O-])cc1NC(=O)CSCC(=O)O. The van der Waals surface area contributed by atoms with E-state index >= 15 is 0 Å². The first-order chi connectivity index (χ1) is 8.90. The van der Waals surface area contributed by atoms with Crippen LogP contribution in [-0.2, 0) is 9.59 Å². The van der Waals surface area contributed by atoms with Crippen LogP contribution in [0.2, 0.25) is 0 Å². The molecule has 0 radical (unpaired) electrons. The van der Waals surface area contributed by atoms with E-state index in [0.717, 1.165) is 11.8 Å². The number of benzene rings is 1. The number of nitro benzene ring substituents is 1. The van der Waals surface area contributed by atoms with Crippen LogP contribution in [0.5, 0.6) is 0 Å². The van der Waals surface area contributed by atoms with Crippen LogP contribution in [0.15, 0.2) is 18.2 Å². The Kier molecular flexibility index (Phi) is 5.31. The molecule has 0 saturated heterocycles. The summed E-state index contributed by atoms with van der Waals surface area (Å²) in [4.78, 5) is 31.9. The number of carboxylic acid groups (broad SMARTS) is 1. The Morgan fingerprint density at radius 1 is 1.42 bits per heavy atom. The molecule has 0 heterocycles. The molecule has 19 heavy (non-hydrogen) atoms. The van der Waals surface area contributed by atoms with Crippen LogP contribution in [0.3, 0.4) is 0 Å². The molecule has 0 fully saturated rings. The second kappa shape index (κ2) is 6.74. The van der Waals surface area contributed by atoms with E-state index in [4.69, 9.17) is 5.11 Å². The summed E-state index contributed by atoms with van der Waals surface area (Å²) >= 11 is 0.960. The first-order valence-electron chi connectivity index (χ1n) is 5.24. The summed E-state index contributed by atoms with van der Waals surface area (Å²) in [5, 5.41) is 21.6. The minimum absolute atomic E-state index is 0.0194. The molecule has 0 atom stereocenters. The quantitative estimate of drug-likeness (QED) is 0.607. The first-order valence-corrected chi connectivity index (χ1v) is 6.40. The number of rotatable bonds is 6. The van der Waals surface area contributed by atoms with Gasteiger partial charge in [-0.05, 0) is 12.5 Å². The van der Waals surface area contributed by atoms with Crippen LogP contribution >= 0.6 is 11.8 Å². The number of carbonyl (C=O) groups is 2. The maximum Gasteiger partial charge on any atom is 0.313 e. The third-order valence-corrected chi connectivity index (χ3v) is 3.08. The molecule has 1 aromatic carbocycles. The summed E-state index contributed by atoms with van der Waals surface area (Å²) in [5.41, 5.74) is 0.941. The number of carboxylic acids is 1. The molecule has 2 N–H and O–H groups in total. The van der Waals surface area contributed by atoms with Gasteiger partial charge in [-0.25, -0.2) is 0 Å². The zero-order valence-corrected chi connectivity index (χ0v) is 10.9. The zero-order chi connectivity index (χ0) is 14.4. The predicted octanol–water partition coefficient (Wildman–Crippen LogP) is 1.66. The third-order valence-electron chi connectivity index (χ3n) is 2.16. The summed E-state index contributed by atoms with van der Waals surface area (Å²) in [6.07, 6.45) is 0. The van der Waals surface area contributed by atoms with Gasteiger partial charge < -0.3 is 10.4 Å². The van der Waals surface area contributed by atoms with E-state index < -0.39 is 16.8 Å². The van der Waals surface area contributed by atoms with Gasteiger partial charge in [0.15, 0.2) is 0 Å². The molecule has 0 spiro atoms. The minimum atomic E-state index is -0.996. The van der Waals surface area contributed by atoms with Gasteiger partial charge in [0, 0.05) is 12.1 Å². The number of nitro groups is 1. The van der Waals surface area contributed by atoms with Crippen LogP contribution in [-0.4, -0.2) is 33.4 Å². The highest BCUT2D eigenvalue weighted by Crippen LogP contribution is 2.21. The standard InChI is InChI=1S/C11H12N2O5S/c1-7-2-3-8(13(17)18)4-9(7)12-10(14)5-19-6-11(15)16/h2-4H,5-6H2,1H3,(H,12,14)(H,15,16). The molecular formula is C11H12N2O5S. The number of amides is 1. The second-order valence-corrected chi connectivity index (χ2v) is 4.68. The summed E-state index contributed by atoms with van der Waals surface area (Å²) in [5.74, 6) is -1.57. The van der Waals surface area contributed by atoms with Gasteiger partial charge >= 0.3 is 5.97 Å². The van der Waals surface area contributed by atoms with E-state index in [1.165, 1.54) is 18.2 Å². The number of carbonyl (C=O) groups excluding carboxylic acids is 1. The lowest BCUT2D eigenvalue weighted by Crippen LogP contribution is -2.16. The fourth-order valence-electron chi connectivity index (χ4n) is 1.28. The van der Waals surface area contributed by atoms with Crippen LogP contribution in [0.25, 0.3) is 0 Å². The molecule has 7 nitrogen and oxygen atoms in total. The van der Waals surface area contributed by atoms with Crippen LogP contribution in [0.1, 0.15) is 5.56 Å². The van der Waals surface area contributed by atoms with Gasteiger partial charge in [-0.2, -0.15) is 0 Å². The highest BCUT2D eigenvalue weighted by atomic mass is 32.2. The monoisotopic (exact) mass is 284 g/mol. The first kappa shape index (κ1) is 15.0. The molecule has 0 saturated carbocycles. The van der Waals surface area contributed by atoms with Gasteiger partial charge in [0.2, 0.25) is 5.91 Å². The van der Waals surface area contributed by atoms with E-state index in [-0.39, 0.29) is 17.2 Å². The molecule has 0 aliphatic rings. The van der Waals surface area contributed by atoms with Crippen molar-refractivity contribution < 1.29 is 19.6 Å². The lowest BCUT2D eigenvalue weighted by molar-refractivity contribution is -0.384. The lowest BCUT2D eigenvalue weighted by atomic mass is 10.2. The molecule has 1 aromatic rings. The molecule has 102 valence electrons. The Balaban J connectivity index is 2.65. The minimum Gasteiger partial charge on any atom is -0.481 e. The molecule has 0 aliphatic carbocycles. The number of non-ortho nitro benzene ring substituents is 1. The Morgan fingerprint density at radius 2 is 2.11 bits per heavy atom.